The zero-order valence-corrected chi connectivity index (χ0v) is 12.8. The van der Waals surface area contributed by atoms with Crippen LogP contribution in [0, 0.1) is 5.92 Å². The van der Waals surface area contributed by atoms with Crippen molar-refractivity contribution in [3.05, 3.63) is 35.4 Å². The van der Waals surface area contributed by atoms with Crippen LogP contribution in [0.2, 0.25) is 0 Å². The number of hydrogen-bond acceptors (Lipinski definition) is 2. The number of carbonyl (C=O) groups is 2. The van der Waals surface area contributed by atoms with E-state index in [2.05, 4.69) is 0 Å². The van der Waals surface area contributed by atoms with E-state index in [4.69, 9.17) is 5.73 Å². The molecule has 1 aliphatic rings. The lowest BCUT2D eigenvalue weighted by Gasteiger charge is -2.19. The van der Waals surface area contributed by atoms with Gasteiger partial charge < -0.3 is 10.6 Å². The van der Waals surface area contributed by atoms with Crippen molar-refractivity contribution >= 4 is 11.8 Å². The lowest BCUT2D eigenvalue weighted by atomic mass is 9.96. The molecule has 1 aromatic carbocycles. The molecule has 1 aliphatic heterocycles. The Kier molecular flexibility index (Phi) is 4.97. The van der Waals surface area contributed by atoms with Crippen molar-refractivity contribution in [1.29, 1.82) is 0 Å². The van der Waals surface area contributed by atoms with Crippen molar-refractivity contribution in [1.82, 2.24) is 4.90 Å². The fraction of sp³-hybridized carbons (Fsp3) is 0.500. The highest BCUT2D eigenvalue weighted by atomic mass is 19.4. The largest absolute Gasteiger partial charge is 0.416 e. The number of benzene rings is 1. The van der Waals surface area contributed by atoms with E-state index >= 15 is 0 Å². The fourth-order valence-corrected chi connectivity index (χ4v) is 2.73. The van der Waals surface area contributed by atoms with Crippen LogP contribution >= 0.6 is 0 Å². The van der Waals surface area contributed by atoms with Crippen molar-refractivity contribution in [3.8, 4) is 0 Å². The number of nitrogens with two attached hydrogens (primary N) is 1. The highest BCUT2D eigenvalue weighted by Crippen LogP contribution is 2.31. The maximum absolute atomic E-state index is 12.5. The molecule has 0 saturated carbocycles. The summed E-state index contributed by atoms with van der Waals surface area (Å²) in [6.45, 7) is 2.61. The Balaban J connectivity index is 1.95. The quantitative estimate of drug-likeness (QED) is 0.923. The van der Waals surface area contributed by atoms with Crippen molar-refractivity contribution in [2.24, 2.45) is 11.7 Å². The van der Waals surface area contributed by atoms with E-state index in [0.717, 1.165) is 12.1 Å². The van der Waals surface area contributed by atoms with Gasteiger partial charge in [0.2, 0.25) is 11.8 Å². The number of rotatable bonds is 4. The number of halogens is 3. The maximum atomic E-state index is 12.5. The number of hydrogen-bond donors (Lipinski definition) is 1. The molecule has 126 valence electrons. The summed E-state index contributed by atoms with van der Waals surface area (Å²) >= 11 is 0. The zero-order valence-electron chi connectivity index (χ0n) is 12.8. The van der Waals surface area contributed by atoms with Crippen molar-refractivity contribution in [3.63, 3.8) is 0 Å². The topological polar surface area (TPSA) is 63.4 Å². The van der Waals surface area contributed by atoms with Gasteiger partial charge in [-0.1, -0.05) is 19.1 Å². The van der Waals surface area contributed by atoms with Gasteiger partial charge in [0.15, 0.2) is 0 Å². The molecular weight excluding hydrogens is 309 g/mol. The average molecular weight is 328 g/mol. The van der Waals surface area contributed by atoms with Gasteiger partial charge in [-0.05, 0) is 30.0 Å². The average Bonchev–Trinajstić information content (AvgIpc) is 2.96. The fourth-order valence-electron chi connectivity index (χ4n) is 2.73. The van der Waals surface area contributed by atoms with E-state index in [1.165, 1.54) is 12.1 Å². The van der Waals surface area contributed by atoms with Crippen LogP contribution in [0.3, 0.4) is 0 Å². The third kappa shape index (κ3) is 4.24. The molecule has 2 rings (SSSR count). The second kappa shape index (κ2) is 6.60. The van der Waals surface area contributed by atoms with Crippen LogP contribution in [0.4, 0.5) is 13.2 Å². The number of amides is 2. The first-order chi connectivity index (χ1) is 10.7. The van der Waals surface area contributed by atoms with Gasteiger partial charge in [-0.15, -0.1) is 0 Å². The lowest BCUT2D eigenvalue weighted by Crippen LogP contribution is -2.32. The number of nitrogens with zero attached hydrogens (tertiary/aromatic N) is 1. The minimum absolute atomic E-state index is 0.110. The Morgan fingerprint density at radius 3 is 2.39 bits per heavy atom. The van der Waals surface area contributed by atoms with Crippen LogP contribution in [0.1, 0.15) is 36.8 Å². The molecule has 7 heteroatoms. The predicted molar refractivity (Wildman–Crippen MR) is 78.4 cm³/mol. The minimum Gasteiger partial charge on any atom is -0.369 e. The maximum Gasteiger partial charge on any atom is 0.416 e. The molecule has 4 nitrogen and oxygen atoms in total. The highest BCUT2D eigenvalue weighted by molar-refractivity contribution is 5.81. The van der Waals surface area contributed by atoms with Gasteiger partial charge in [0, 0.05) is 19.5 Å². The number of alkyl halides is 3. The van der Waals surface area contributed by atoms with Crippen LogP contribution < -0.4 is 5.73 Å². The molecule has 1 heterocycles. The molecule has 0 unspecified atom stereocenters. The van der Waals surface area contributed by atoms with Gasteiger partial charge in [-0.3, -0.25) is 9.59 Å². The van der Waals surface area contributed by atoms with E-state index < -0.39 is 17.6 Å². The van der Waals surface area contributed by atoms with Gasteiger partial charge in [0.1, 0.15) is 0 Å². The lowest BCUT2D eigenvalue weighted by molar-refractivity contribution is -0.137. The summed E-state index contributed by atoms with van der Waals surface area (Å²) in [7, 11) is 0. The Bertz CT molecular complexity index is 584. The molecule has 23 heavy (non-hydrogen) atoms. The number of likely N-dealkylation sites (tertiary alicyclic amines) is 1. The van der Waals surface area contributed by atoms with E-state index in [9.17, 15) is 22.8 Å². The first-order valence-electron chi connectivity index (χ1n) is 7.42. The predicted octanol–water partition coefficient (Wildman–Crippen LogP) is 2.53. The summed E-state index contributed by atoms with van der Waals surface area (Å²) in [4.78, 5) is 24.9. The summed E-state index contributed by atoms with van der Waals surface area (Å²) in [6.07, 6.45) is -3.61. The van der Waals surface area contributed by atoms with Crippen LogP contribution in [0.25, 0.3) is 0 Å². The van der Waals surface area contributed by atoms with Gasteiger partial charge >= 0.3 is 6.18 Å². The molecule has 0 radical (unpaired) electrons. The summed E-state index contributed by atoms with van der Waals surface area (Å²) in [5.74, 6) is -1.02. The van der Waals surface area contributed by atoms with E-state index in [1.54, 1.807) is 11.8 Å². The second-order valence-electron chi connectivity index (χ2n) is 5.95. The van der Waals surface area contributed by atoms with Crippen LogP contribution in [-0.4, -0.2) is 29.8 Å². The Morgan fingerprint density at radius 2 is 1.91 bits per heavy atom. The number of carbonyl (C=O) groups excluding carboxylic acids is 2. The van der Waals surface area contributed by atoms with Gasteiger partial charge in [0.05, 0.1) is 11.5 Å². The third-order valence-electron chi connectivity index (χ3n) is 4.23. The summed E-state index contributed by atoms with van der Waals surface area (Å²) < 4.78 is 37.6. The Morgan fingerprint density at radius 1 is 1.30 bits per heavy atom. The van der Waals surface area contributed by atoms with Crippen LogP contribution in [0.5, 0.6) is 0 Å². The smallest absolute Gasteiger partial charge is 0.369 e. The van der Waals surface area contributed by atoms with Crippen molar-refractivity contribution in [2.75, 3.05) is 13.1 Å². The Hall–Kier alpha value is -2.05. The standard InChI is InChI=1S/C16H19F3N2O2/c1-10(11-2-4-13(5-3-11)16(17,18)19)8-14(22)21-7-6-12(9-21)15(20)23/h2-5,10,12H,6-9H2,1H3,(H2,20,23)/t10-,12-/m0/s1. The molecule has 2 N–H and O–H groups in total. The second-order valence-corrected chi connectivity index (χ2v) is 5.95. The zero-order chi connectivity index (χ0) is 17.2. The molecule has 0 spiro atoms. The van der Waals surface area contributed by atoms with Crippen LogP contribution in [0.15, 0.2) is 24.3 Å². The van der Waals surface area contributed by atoms with Crippen molar-refractivity contribution in [2.45, 2.75) is 31.9 Å². The SMILES string of the molecule is C[C@@H](CC(=O)N1CC[C@H](C(N)=O)C1)c1ccc(C(F)(F)F)cc1. The molecule has 0 aromatic heterocycles. The molecular formula is C16H19F3N2O2. The minimum atomic E-state index is -4.36. The molecule has 0 bridgehead atoms. The van der Waals surface area contributed by atoms with E-state index in [-0.39, 0.29) is 24.2 Å². The van der Waals surface area contributed by atoms with Crippen molar-refractivity contribution < 1.29 is 22.8 Å². The summed E-state index contributed by atoms with van der Waals surface area (Å²) in [5, 5.41) is 0. The van der Waals surface area contributed by atoms with Crippen LogP contribution in [-0.2, 0) is 15.8 Å². The van der Waals surface area contributed by atoms with E-state index in [1.807, 2.05) is 0 Å². The van der Waals surface area contributed by atoms with Gasteiger partial charge in [-0.25, -0.2) is 0 Å². The number of primary amides is 1. The molecule has 2 amide bonds. The molecule has 0 aliphatic carbocycles. The normalized spacial score (nSPS) is 19.7. The molecule has 1 saturated heterocycles. The monoisotopic (exact) mass is 328 g/mol. The molecule has 1 fully saturated rings. The van der Waals surface area contributed by atoms with Gasteiger partial charge in [0.25, 0.3) is 0 Å². The molecule has 1 aromatic rings. The Labute approximate surface area is 132 Å². The first-order valence-corrected chi connectivity index (χ1v) is 7.42. The van der Waals surface area contributed by atoms with E-state index in [0.29, 0.717) is 25.1 Å². The van der Waals surface area contributed by atoms with Gasteiger partial charge in [-0.2, -0.15) is 13.2 Å². The highest BCUT2D eigenvalue weighted by Gasteiger charge is 2.31. The first kappa shape index (κ1) is 17.3. The molecule has 2 atom stereocenters. The summed E-state index contributed by atoms with van der Waals surface area (Å²) in [5.41, 5.74) is 5.21. The third-order valence-corrected chi connectivity index (χ3v) is 4.23. The summed E-state index contributed by atoms with van der Waals surface area (Å²) in [6, 6.07) is 4.85.